The second-order valence-electron chi connectivity index (χ2n) is 5.46. The molecule has 1 fully saturated rings. The van der Waals surface area contributed by atoms with E-state index >= 15 is 0 Å². The lowest BCUT2D eigenvalue weighted by atomic mass is 10.1. The third-order valence-electron chi connectivity index (χ3n) is 3.99. The summed E-state index contributed by atoms with van der Waals surface area (Å²) < 4.78 is 35.0. The fourth-order valence-corrected chi connectivity index (χ4v) is 3.44. The Balaban J connectivity index is 2.19. The molecule has 0 unspecified atom stereocenters. The molecule has 1 aromatic carbocycles. The van der Waals surface area contributed by atoms with Gasteiger partial charge in [0.2, 0.25) is 10.0 Å². The van der Waals surface area contributed by atoms with E-state index in [1.165, 1.54) is 10.6 Å². The van der Waals surface area contributed by atoms with Crippen molar-refractivity contribution in [1.29, 1.82) is 0 Å². The Morgan fingerprint density at radius 1 is 1.04 bits per heavy atom. The lowest BCUT2D eigenvalue weighted by Crippen LogP contribution is -2.50. The first kappa shape index (κ1) is 17.6. The van der Waals surface area contributed by atoms with Gasteiger partial charge in [-0.25, -0.2) is 8.42 Å². The lowest BCUT2D eigenvalue weighted by Gasteiger charge is -2.33. The highest BCUT2D eigenvalue weighted by atomic mass is 32.2. The average Bonchev–Trinajstić information content (AvgIpc) is 2.53. The van der Waals surface area contributed by atoms with Crippen LogP contribution in [0.1, 0.15) is 15.9 Å². The first-order valence-electron chi connectivity index (χ1n) is 7.25. The number of nitrogens with zero attached hydrogens (tertiary/aromatic N) is 2. The number of sulfonamides is 1. The number of piperazine rings is 1. The third-order valence-corrected chi connectivity index (χ3v) is 5.30. The van der Waals surface area contributed by atoms with Crippen molar-refractivity contribution in [1.82, 2.24) is 9.21 Å². The number of amides is 1. The van der Waals surface area contributed by atoms with Crippen molar-refractivity contribution >= 4 is 15.9 Å². The molecule has 128 valence electrons. The number of hydrogen-bond acceptors (Lipinski definition) is 5. The van der Waals surface area contributed by atoms with Crippen molar-refractivity contribution < 1.29 is 22.7 Å². The van der Waals surface area contributed by atoms with Crippen LogP contribution in [0.3, 0.4) is 0 Å². The zero-order valence-corrected chi connectivity index (χ0v) is 14.6. The summed E-state index contributed by atoms with van der Waals surface area (Å²) in [4.78, 5) is 14.3. The lowest BCUT2D eigenvalue weighted by molar-refractivity contribution is 0.0697. The van der Waals surface area contributed by atoms with Crippen LogP contribution in [0, 0.1) is 6.92 Å². The fourth-order valence-electron chi connectivity index (χ4n) is 2.61. The maximum atomic E-state index is 12.7. The van der Waals surface area contributed by atoms with Crippen LogP contribution in [0.2, 0.25) is 0 Å². The summed E-state index contributed by atoms with van der Waals surface area (Å²) in [6.07, 6.45) is 1.18. The van der Waals surface area contributed by atoms with Gasteiger partial charge in [0.15, 0.2) is 0 Å². The number of rotatable bonds is 4. The molecular formula is C15H22N2O5S. The maximum Gasteiger partial charge on any atom is 0.254 e. The molecule has 8 heteroatoms. The number of benzene rings is 1. The molecule has 0 aliphatic carbocycles. The van der Waals surface area contributed by atoms with E-state index in [-0.39, 0.29) is 5.91 Å². The van der Waals surface area contributed by atoms with Gasteiger partial charge >= 0.3 is 0 Å². The second-order valence-corrected chi connectivity index (χ2v) is 7.44. The minimum absolute atomic E-state index is 0.158. The number of hydrogen-bond donors (Lipinski definition) is 0. The molecule has 0 saturated carbocycles. The van der Waals surface area contributed by atoms with Gasteiger partial charge in [0.1, 0.15) is 11.5 Å². The van der Waals surface area contributed by atoms with Gasteiger partial charge in [0.25, 0.3) is 5.91 Å². The van der Waals surface area contributed by atoms with Gasteiger partial charge in [-0.3, -0.25) is 4.79 Å². The number of ether oxygens (including phenoxy) is 2. The smallest absolute Gasteiger partial charge is 0.254 e. The van der Waals surface area contributed by atoms with Crippen LogP contribution in [-0.2, 0) is 10.0 Å². The van der Waals surface area contributed by atoms with E-state index in [9.17, 15) is 13.2 Å². The van der Waals surface area contributed by atoms with Crippen molar-refractivity contribution in [3.8, 4) is 11.5 Å². The molecule has 0 bridgehead atoms. The fraction of sp³-hybridized carbons (Fsp3) is 0.533. The normalized spacial score (nSPS) is 16.3. The van der Waals surface area contributed by atoms with E-state index in [0.29, 0.717) is 43.2 Å². The summed E-state index contributed by atoms with van der Waals surface area (Å²) in [6.45, 7) is 3.21. The van der Waals surface area contributed by atoms with Crippen molar-refractivity contribution in [3.05, 3.63) is 23.3 Å². The standard InChI is InChI=1S/C15H22N2O5S/c1-11-13(21-2)9-12(10-14(11)22-3)15(18)16-5-7-17(8-6-16)23(4,19)20/h9-10H,5-8H2,1-4H3. The molecule has 1 aliphatic heterocycles. The number of carbonyl (C=O) groups is 1. The highest BCUT2D eigenvalue weighted by molar-refractivity contribution is 7.88. The van der Waals surface area contributed by atoms with E-state index in [1.807, 2.05) is 6.92 Å². The van der Waals surface area contributed by atoms with E-state index in [2.05, 4.69) is 0 Å². The van der Waals surface area contributed by atoms with Crippen LogP contribution < -0.4 is 9.47 Å². The third kappa shape index (κ3) is 3.76. The van der Waals surface area contributed by atoms with E-state index in [0.717, 1.165) is 5.56 Å². The summed E-state index contributed by atoms with van der Waals surface area (Å²) in [5, 5.41) is 0. The minimum atomic E-state index is -3.21. The Morgan fingerprint density at radius 3 is 1.91 bits per heavy atom. The molecule has 0 radical (unpaired) electrons. The van der Waals surface area contributed by atoms with Crippen LogP contribution in [-0.4, -0.2) is 70.2 Å². The Bertz CT molecular complexity index is 669. The predicted molar refractivity (Wildman–Crippen MR) is 86.6 cm³/mol. The van der Waals surface area contributed by atoms with Gasteiger partial charge in [-0.2, -0.15) is 4.31 Å². The molecule has 1 aromatic rings. The van der Waals surface area contributed by atoms with Gasteiger partial charge in [-0.15, -0.1) is 0 Å². The van der Waals surface area contributed by atoms with E-state index in [1.54, 1.807) is 31.3 Å². The Labute approximate surface area is 136 Å². The molecule has 0 atom stereocenters. The first-order valence-corrected chi connectivity index (χ1v) is 9.09. The Kier molecular flexibility index (Phi) is 5.16. The summed E-state index contributed by atoms with van der Waals surface area (Å²) >= 11 is 0. The van der Waals surface area contributed by atoms with Crippen molar-refractivity contribution in [2.45, 2.75) is 6.92 Å². The number of carbonyl (C=O) groups excluding carboxylic acids is 1. The molecule has 1 aliphatic rings. The molecule has 1 saturated heterocycles. The summed E-state index contributed by atoms with van der Waals surface area (Å²) in [7, 11) is -0.126. The van der Waals surface area contributed by atoms with Crippen LogP contribution in [0.25, 0.3) is 0 Å². The molecule has 0 aromatic heterocycles. The SMILES string of the molecule is COc1cc(C(=O)N2CCN(S(C)(=O)=O)CC2)cc(OC)c1C. The van der Waals surface area contributed by atoms with Crippen LogP contribution >= 0.6 is 0 Å². The quantitative estimate of drug-likeness (QED) is 0.806. The summed E-state index contributed by atoms with van der Waals surface area (Å²) in [5.74, 6) is 1.01. The van der Waals surface area contributed by atoms with Crippen LogP contribution in [0.5, 0.6) is 11.5 Å². The Morgan fingerprint density at radius 2 is 1.52 bits per heavy atom. The predicted octanol–water partition coefficient (Wildman–Crippen LogP) is 0.730. The van der Waals surface area contributed by atoms with Crippen molar-refractivity contribution in [2.75, 3.05) is 46.7 Å². The van der Waals surface area contributed by atoms with Gasteiger partial charge < -0.3 is 14.4 Å². The summed E-state index contributed by atoms with van der Waals surface area (Å²) in [6, 6.07) is 3.37. The molecule has 2 rings (SSSR count). The Hall–Kier alpha value is -1.80. The molecule has 1 heterocycles. The van der Waals surface area contributed by atoms with Crippen molar-refractivity contribution in [2.24, 2.45) is 0 Å². The summed E-state index contributed by atoms with van der Waals surface area (Å²) in [5.41, 5.74) is 1.30. The zero-order valence-electron chi connectivity index (χ0n) is 13.8. The molecule has 7 nitrogen and oxygen atoms in total. The molecular weight excluding hydrogens is 320 g/mol. The highest BCUT2D eigenvalue weighted by Crippen LogP contribution is 2.30. The van der Waals surface area contributed by atoms with Gasteiger partial charge in [0, 0.05) is 37.3 Å². The second kappa shape index (κ2) is 6.76. The average molecular weight is 342 g/mol. The van der Waals surface area contributed by atoms with Gasteiger partial charge in [0.05, 0.1) is 20.5 Å². The molecule has 0 spiro atoms. The van der Waals surface area contributed by atoms with Gasteiger partial charge in [-0.1, -0.05) is 0 Å². The topological polar surface area (TPSA) is 76.2 Å². The molecule has 1 amide bonds. The van der Waals surface area contributed by atoms with Crippen molar-refractivity contribution in [3.63, 3.8) is 0 Å². The minimum Gasteiger partial charge on any atom is -0.496 e. The van der Waals surface area contributed by atoms with E-state index in [4.69, 9.17) is 9.47 Å². The largest absolute Gasteiger partial charge is 0.496 e. The maximum absolute atomic E-state index is 12.7. The van der Waals surface area contributed by atoms with Gasteiger partial charge in [-0.05, 0) is 19.1 Å². The first-order chi connectivity index (χ1) is 10.8. The monoisotopic (exact) mass is 342 g/mol. The van der Waals surface area contributed by atoms with Crippen LogP contribution in [0.4, 0.5) is 0 Å². The number of methoxy groups -OCH3 is 2. The van der Waals surface area contributed by atoms with E-state index < -0.39 is 10.0 Å². The zero-order chi connectivity index (χ0) is 17.2. The molecule has 0 N–H and O–H groups in total. The highest BCUT2D eigenvalue weighted by Gasteiger charge is 2.27. The van der Waals surface area contributed by atoms with Crippen LogP contribution in [0.15, 0.2) is 12.1 Å². The molecule has 23 heavy (non-hydrogen) atoms.